The fourth-order valence-corrected chi connectivity index (χ4v) is 2.63. The lowest BCUT2D eigenvalue weighted by atomic mass is 9.87. The van der Waals surface area contributed by atoms with E-state index in [1.54, 1.807) is 0 Å². The third kappa shape index (κ3) is 1.10. The molecule has 0 aromatic rings. The molecule has 14 heavy (non-hydrogen) atoms. The van der Waals surface area contributed by atoms with Gasteiger partial charge < -0.3 is 14.2 Å². The summed E-state index contributed by atoms with van der Waals surface area (Å²) in [6, 6.07) is 0. The first kappa shape index (κ1) is 8.68. The van der Waals surface area contributed by atoms with Crippen molar-refractivity contribution in [1.29, 1.82) is 0 Å². The third-order valence-corrected chi connectivity index (χ3v) is 3.38. The number of carbonyl (C=O) groups is 1. The number of rotatable bonds is 0. The van der Waals surface area contributed by atoms with Crippen molar-refractivity contribution in [2.24, 2.45) is 5.92 Å². The summed E-state index contributed by atoms with van der Waals surface area (Å²) in [5, 5.41) is 0. The van der Waals surface area contributed by atoms with E-state index in [9.17, 15) is 4.79 Å². The van der Waals surface area contributed by atoms with Crippen LogP contribution in [0.1, 0.15) is 25.7 Å². The first-order chi connectivity index (χ1) is 6.80. The van der Waals surface area contributed by atoms with E-state index in [1.807, 2.05) is 0 Å². The van der Waals surface area contributed by atoms with E-state index in [2.05, 4.69) is 0 Å². The van der Waals surface area contributed by atoms with Crippen molar-refractivity contribution in [3.05, 3.63) is 0 Å². The van der Waals surface area contributed by atoms with Crippen LogP contribution in [0.15, 0.2) is 0 Å². The van der Waals surface area contributed by atoms with E-state index in [0.717, 1.165) is 25.7 Å². The average molecular weight is 198 g/mol. The van der Waals surface area contributed by atoms with Crippen LogP contribution in [0.2, 0.25) is 0 Å². The minimum atomic E-state index is -0.637. The Bertz CT molecular complexity index is 257. The van der Waals surface area contributed by atoms with Crippen molar-refractivity contribution >= 4 is 5.97 Å². The molecule has 0 aromatic heterocycles. The summed E-state index contributed by atoms with van der Waals surface area (Å²) in [7, 11) is 0. The van der Waals surface area contributed by atoms with E-state index in [4.69, 9.17) is 14.2 Å². The topological polar surface area (TPSA) is 44.8 Å². The normalized spacial score (nSPS) is 46.7. The number of ether oxygens (including phenoxy) is 3. The third-order valence-electron chi connectivity index (χ3n) is 3.38. The highest BCUT2D eigenvalue weighted by Gasteiger charge is 2.56. The number of carbonyl (C=O) groups excluding carboxylic acids is 1. The second-order valence-electron chi connectivity index (χ2n) is 4.28. The predicted molar refractivity (Wildman–Crippen MR) is 46.5 cm³/mol. The van der Waals surface area contributed by atoms with E-state index < -0.39 is 5.79 Å². The lowest BCUT2D eigenvalue weighted by Crippen LogP contribution is -2.50. The molecular formula is C10H14O4. The Labute approximate surface area is 82.5 Å². The molecule has 0 N–H and O–H groups in total. The summed E-state index contributed by atoms with van der Waals surface area (Å²) in [5.41, 5.74) is 0. The number of esters is 1. The fraction of sp³-hybridized carbons (Fsp3) is 0.900. The minimum Gasteiger partial charge on any atom is -0.460 e. The van der Waals surface area contributed by atoms with Gasteiger partial charge in [-0.1, -0.05) is 0 Å². The SMILES string of the molecule is O=C1O[C@@H]2CO[C@]3(CCCCO3)C1C2. The van der Waals surface area contributed by atoms with Crippen LogP contribution in [0.4, 0.5) is 0 Å². The van der Waals surface area contributed by atoms with Gasteiger partial charge >= 0.3 is 5.97 Å². The molecule has 3 aliphatic rings. The van der Waals surface area contributed by atoms with Crippen molar-refractivity contribution < 1.29 is 19.0 Å². The van der Waals surface area contributed by atoms with Crippen molar-refractivity contribution in [1.82, 2.24) is 0 Å². The van der Waals surface area contributed by atoms with E-state index in [1.165, 1.54) is 0 Å². The van der Waals surface area contributed by atoms with Gasteiger partial charge in [0.05, 0.1) is 13.2 Å². The number of hydrogen-bond acceptors (Lipinski definition) is 4. The van der Waals surface area contributed by atoms with Crippen LogP contribution in [-0.2, 0) is 19.0 Å². The standard InChI is InChI=1S/C10H14O4/c11-9-8-5-7(14-9)6-13-10(8)3-1-2-4-12-10/h7-8H,1-6H2/t7-,8?,10+/m0/s1. The monoisotopic (exact) mass is 198 g/mol. The zero-order chi connectivity index (χ0) is 9.60. The molecule has 3 heterocycles. The van der Waals surface area contributed by atoms with Crippen molar-refractivity contribution in [2.45, 2.75) is 37.6 Å². The van der Waals surface area contributed by atoms with Gasteiger partial charge in [-0.05, 0) is 12.8 Å². The van der Waals surface area contributed by atoms with Gasteiger partial charge in [-0.25, -0.2) is 0 Å². The lowest BCUT2D eigenvalue weighted by Gasteiger charge is -2.41. The second kappa shape index (κ2) is 2.94. The summed E-state index contributed by atoms with van der Waals surface area (Å²) in [5.74, 6) is -0.946. The molecule has 0 radical (unpaired) electrons. The molecule has 4 heteroatoms. The van der Waals surface area contributed by atoms with Crippen LogP contribution in [-0.4, -0.2) is 31.1 Å². The van der Waals surface area contributed by atoms with Crippen LogP contribution < -0.4 is 0 Å². The van der Waals surface area contributed by atoms with E-state index >= 15 is 0 Å². The van der Waals surface area contributed by atoms with Crippen LogP contribution >= 0.6 is 0 Å². The Morgan fingerprint density at radius 1 is 1.29 bits per heavy atom. The molecule has 4 nitrogen and oxygen atoms in total. The molecule has 78 valence electrons. The summed E-state index contributed by atoms with van der Waals surface area (Å²) in [4.78, 5) is 11.5. The van der Waals surface area contributed by atoms with Gasteiger partial charge in [0.2, 0.25) is 0 Å². The largest absolute Gasteiger partial charge is 0.460 e. The molecule has 3 rings (SSSR count). The minimum absolute atomic E-state index is 0.0244. The van der Waals surface area contributed by atoms with Crippen molar-refractivity contribution in [3.8, 4) is 0 Å². The van der Waals surface area contributed by atoms with Crippen molar-refractivity contribution in [3.63, 3.8) is 0 Å². The fourth-order valence-electron chi connectivity index (χ4n) is 2.63. The molecule has 0 amide bonds. The zero-order valence-electron chi connectivity index (χ0n) is 8.03. The Kier molecular flexibility index (Phi) is 1.82. The summed E-state index contributed by atoms with van der Waals surface area (Å²) in [6.07, 6.45) is 3.73. The van der Waals surface area contributed by atoms with Gasteiger partial charge in [0.25, 0.3) is 0 Å². The van der Waals surface area contributed by atoms with E-state index in [0.29, 0.717) is 13.2 Å². The predicted octanol–water partition coefficient (Wildman–Crippen LogP) is 0.845. The Morgan fingerprint density at radius 3 is 3.00 bits per heavy atom. The molecule has 3 saturated heterocycles. The summed E-state index contributed by atoms with van der Waals surface area (Å²) in [6.45, 7) is 1.21. The van der Waals surface area contributed by atoms with Crippen LogP contribution in [0.3, 0.4) is 0 Å². The quantitative estimate of drug-likeness (QED) is 0.541. The molecular weight excluding hydrogens is 184 g/mol. The van der Waals surface area contributed by atoms with Gasteiger partial charge in [-0.3, -0.25) is 4.79 Å². The van der Waals surface area contributed by atoms with Gasteiger partial charge in [0.15, 0.2) is 5.79 Å². The highest BCUT2D eigenvalue weighted by atomic mass is 16.7. The molecule has 0 saturated carbocycles. The van der Waals surface area contributed by atoms with Crippen LogP contribution in [0.5, 0.6) is 0 Å². The highest BCUT2D eigenvalue weighted by molar-refractivity contribution is 5.76. The molecule has 1 spiro atoms. The summed E-state index contributed by atoms with van der Waals surface area (Å²) < 4.78 is 16.5. The summed E-state index contributed by atoms with van der Waals surface area (Å²) >= 11 is 0. The number of hydrogen-bond donors (Lipinski definition) is 0. The Hall–Kier alpha value is -0.610. The maximum absolute atomic E-state index is 11.5. The molecule has 3 atom stereocenters. The van der Waals surface area contributed by atoms with E-state index in [-0.39, 0.29) is 18.0 Å². The lowest BCUT2D eigenvalue weighted by molar-refractivity contribution is -0.290. The first-order valence-corrected chi connectivity index (χ1v) is 5.29. The molecule has 3 aliphatic heterocycles. The molecule has 3 fully saturated rings. The number of fused-ring (bicyclic) bond motifs is 3. The average Bonchev–Trinajstić information content (AvgIpc) is 2.54. The molecule has 2 bridgehead atoms. The van der Waals surface area contributed by atoms with Gasteiger partial charge in [0, 0.05) is 12.8 Å². The first-order valence-electron chi connectivity index (χ1n) is 5.29. The maximum Gasteiger partial charge on any atom is 0.314 e. The van der Waals surface area contributed by atoms with Gasteiger partial charge in [0.1, 0.15) is 12.0 Å². The molecule has 0 aromatic carbocycles. The van der Waals surface area contributed by atoms with Crippen molar-refractivity contribution in [2.75, 3.05) is 13.2 Å². The maximum atomic E-state index is 11.5. The van der Waals surface area contributed by atoms with Gasteiger partial charge in [-0.15, -0.1) is 0 Å². The molecule has 0 aliphatic carbocycles. The van der Waals surface area contributed by atoms with Crippen LogP contribution in [0.25, 0.3) is 0 Å². The zero-order valence-corrected chi connectivity index (χ0v) is 8.03. The van der Waals surface area contributed by atoms with Crippen LogP contribution in [0, 0.1) is 5.92 Å². The Morgan fingerprint density at radius 2 is 2.21 bits per heavy atom. The molecule has 1 unspecified atom stereocenters. The Balaban J connectivity index is 1.87. The van der Waals surface area contributed by atoms with Gasteiger partial charge in [-0.2, -0.15) is 0 Å². The second-order valence-corrected chi connectivity index (χ2v) is 4.28. The highest BCUT2D eigenvalue weighted by Crippen LogP contribution is 2.44. The smallest absolute Gasteiger partial charge is 0.314 e.